The highest BCUT2D eigenvalue weighted by Crippen LogP contribution is 2.38. The molecular weight excluding hydrogens is 350 g/mol. The van der Waals surface area contributed by atoms with Crippen LogP contribution in [0.4, 0.5) is 5.69 Å². The molecule has 0 amide bonds. The number of nitrogens with zero attached hydrogens (tertiary/aromatic N) is 3. The third-order valence-electron chi connectivity index (χ3n) is 3.08. The third-order valence-corrected chi connectivity index (χ3v) is 3.64. The van der Waals surface area contributed by atoms with Crippen LogP contribution >= 0.6 is 15.9 Å². The van der Waals surface area contributed by atoms with Gasteiger partial charge in [0.05, 0.1) is 15.8 Å². The molecule has 0 unspecified atom stereocenters. The highest BCUT2D eigenvalue weighted by Gasteiger charge is 2.21. The molecule has 0 aliphatic carbocycles. The van der Waals surface area contributed by atoms with Crippen LogP contribution in [-0.2, 0) is 0 Å². The van der Waals surface area contributed by atoms with E-state index in [1.54, 1.807) is 42.6 Å². The van der Waals surface area contributed by atoms with E-state index in [2.05, 4.69) is 25.9 Å². The van der Waals surface area contributed by atoms with Gasteiger partial charge in [-0.2, -0.15) is 0 Å². The van der Waals surface area contributed by atoms with Crippen LogP contribution in [0.5, 0.6) is 11.5 Å². The van der Waals surface area contributed by atoms with E-state index in [1.807, 2.05) is 6.92 Å². The largest absolute Gasteiger partial charge is 0.447 e. The van der Waals surface area contributed by atoms with Crippen molar-refractivity contribution < 1.29 is 9.66 Å². The van der Waals surface area contributed by atoms with Crippen molar-refractivity contribution in [2.45, 2.75) is 6.92 Å². The summed E-state index contributed by atoms with van der Waals surface area (Å²) in [7, 11) is 0. The lowest BCUT2D eigenvalue weighted by atomic mass is 10.1. The van der Waals surface area contributed by atoms with Crippen molar-refractivity contribution >= 4 is 32.5 Å². The second-order valence-electron chi connectivity index (χ2n) is 4.58. The number of pyridine rings is 2. The van der Waals surface area contributed by atoms with Gasteiger partial charge >= 0.3 is 5.69 Å². The van der Waals surface area contributed by atoms with Crippen LogP contribution in [0.2, 0.25) is 0 Å². The molecule has 0 saturated carbocycles. The Hall–Kier alpha value is -2.54. The van der Waals surface area contributed by atoms with Crippen LogP contribution in [0.1, 0.15) is 5.69 Å². The maximum atomic E-state index is 11.4. The number of aryl methyl sites for hydroxylation is 1. The lowest BCUT2D eigenvalue weighted by Crippen LogP contribution is -1.96. The van der Waals surface area contributed by atoms with Gasteiger partial charge in [-0.15, -0.1) is 0 Å². The molecule has 6 nitrogen and oxygen atoms in total. The maximum Gasteiger partial charge on any atom is 0.320 e. The number of fused-ring (bicyclic) bond motifs is 1. The molecule has 0 saturated heterocycles. The van der Waals surface area contributed by atoms with E-state index in [9.17, 15) is 10.1 Å². The SMILES string of the molecule is Cc1ccc(Oc2ccc3ncccc3c2[N+](=O)[O-])c(Br)n1. The molecule has 7 heteroatoms. The zero-order valence-electron chi connectivity index (χ0n) is 11.5. The Balaban J connectivity index is 2.14. The normalized spacial score (nSPS) is 10.6. The Kier molecular flexibility index (Phi) is 3.72. The second kappa shape index (κ2) is 5.69. The number of rotatable bonds is 3. The van der Waals surface area contributed by atoms with E-state index < -0.39 is 4.92 Å². The summed E-state index contributed by atoms with van der Waals surface area (Å²) in [6.45, 7) is 1.85. The fourth-order valence-electron chi connectivity index (χ4n) is 2.09. The van der Waals surface area contributed by atoms with Gasteiger partial charge in [-0.25, -0.2) is 4.98 Å². The van der Waals surface area contributed by atoms with Crippen molar-refractivity contribution in [3.05, 3.63) is 63.0 Å². The highest BCUT2D eigenvalue weighted by molar-refractivity contribution is 9.10. The number of aromatic nitrogens is 2. The number of hydrogen-bond donors (Lipinski definition) is 0. The molecule has 110 valence electrons. The number of ether oxygens (including phenoxy) is 1. The van der Waals surface area contributed by atoms with E-state index in [4.69, 9.17) is 4.74 Å². The molecule has 3 aromatic rings. The van der Waals surface area contributed by atoms with Crippen molar-refractivity contribution in [2.75, 3.05) is 0 Å². The summed E-state index contributed by atoms with van der Waals surface area (Å²) in [5.41, 5.74) is 1.25. The Morgan fingerprint density at radius 1 is 1.18 bits per heavy atom. The average molecular weight is 360 g/mol. The van der Waals surface area contributed by atoms with Crippen molar-refractivity contribution in [2.24, 2.45) is 0 Å². The first-order valence-electron chi connectivity index (χ1n) is 6.39. The zero-order chi connectivity index (χ0) is 15.7. The molecule has 0 spiro atoms. The molecule has 0 aliphatic rings. The molecule has 0 fully saturated rings. The quantitative estimate of drug-likeness (QED) is 0.393. The molecule has 0 atom stereocenters. The summed E-state index contributed by atoms with van der Waals surface area (Å²) in [6.07, 6.45) is 1.59. The van der Waals surface area contributed by atoms with E-state index in [-0.39, 0.29) is 11.4 Å². The molecule has 0 bridgehead atoms. The van der Waals surface area contributed by atoms with Crippen molar-refractivity contribution in [3.63, 3.8) is 0 Å². The van der Waals surface area contributed by atoms with Gasteiger partial charge in [-0.3, -0.25) is 15.1 Å². The molecule has 0 N–H and O–H groups in total. The summed E-state index contributed by atoms with van der Waals surface area (Å²) < 4.78 is 6.18. The minimum atomic E-state index is -0.463. The maximum absolute atomic E-state index is 11.4. The summed E-state index contributed by atoms with van der Waals surface area (Å²) in [5, 5.41) is 11.9. The fourth-order valence-corrected chi connectivity index (χ4v) is 2.59. The van der Waals surface area contributed by atoms with E-state index in [1.165, 1.54) is 0 Å². The first-order valence-corrected chi connectivity index (χ1v) is 7.18. The number of hydrogen-bond acceptors (Lipinski definition) is 5. The molecule has 0 aliphatic heterocycles. The van der Waals surface area contributed by atoms with Gasteiger partial charge in [0.25, 0.3) is 0 Å². The van der Waals surface area contributed by atoms with Crippen molar-refractivity contribution in [3.8, 4) is 11.5 Å². The first-order chi connectivity index (χ1) is 10.6. The van der Waals surface area contributed by atoms with Crippen LogP contribution < -0.4 is 4.74 Å². The Bertz CT molecular complexity index is 883. The number of benzene rings is 1. The minimum absolute atomic E-state index is 0.113. The Labute approximate surface area is 134 Å². The van der Waals surface area contributed by atoms with Gasteiger partial charge in [0.1, 0.15) is 4.60 Å². The van der Waals surface area contributed by atoms with E-state index in [0.717, 1.165) is 5.69 Å². The molecule has 2 aromatic heterocycles. The zero-order valence-corrected chi connectivity index (χ0v) is 13.1. The summed E-state index contributed by atoms with van der Waals surface area (Å²) in [6, 6.07) is 10.0. The third kappa shape index (κ3) is 2.62. The fraction of sp³-hybridized carbons (Fsp3) is 0.0667. The van der Waals surface area contributed by atoms with Crippen LogP contribution in [-0.4, -0.2) is 14.9 Å². The van der Waals surface area contributed by atoms with Gasteiger partial charge in [0.15, 0.2) is 5.75 Å². The van der Waals surface area contributed by atoms with Crippen LogP contribution in [0.15, 0.2) is 47.2 Å². The molecule has 3 rings (SSSR count). The molecule has 2 heterocycles. The Morgan fingerprint density at radius 3 is 2.68 bits per heavy atom. The second-order valence-corrected chi connectivity index (χ2v) is 5.33. The van der Waals surface area contributed by atoms with E-state index >= 15 is 0 Å². The molecular formula is C15H10BrN3O3. The smallest absolute Gasteiger partial charge is 0.320 e. The standard InChI is InChI=1S/C15H10BrN3O3/c1-9-4-6-13(15(16)18-9)22-12-7-5-11-10(3-2-8-17-11)14(12)19(20)21/h2-8H,1H3. The van der Waals surface area contributed by atoms with Crippen molar-refractivity contribution in [1.29, 1.82) is 0 Å². The number of nitro benzene ring substituents is 1. The van der Waals surface area contributed by atoms with Gasteiger partial charge in [-0.1, -0.05) is 0 Å². The van der Waals surface area contributed by atoms with Crippen LogP contribution in [0, 0.1) is 17.0 Å². The summed E-state index contributed by atoms with van der Waals surface area (Å²) in [4.78, 5) is 19.3. The van der Waals surface area contributed by atoms with E-state index in [0.29, 0.717) is 21.3 Å². The van der Waals surface area contributed by atoms with Crippen LogP contribution in [0.3, 0.4) is 0 Å². The van der Waals surface area contributed by atoms with Crippen LogP contribution in [0.25, 0.3) is 10.9 Å². The average Bonchev–Trinajstić information content (AvgIpc) is 2.49. The lowest BCUT2D eigenvalue weighted by molar-refractivity contribution is -0.383. The highest BCUT2D eigenvalue weighted by atomic mass is 79.9. The monoisotopic (exact) mass is 359 g/mol. The lowest BCUT2D eigenvalue weighted by Gasteiger charge is -2.09. The molecule has 0 radical (unpaired) electrons. The predicted octanol–water partition coefficient (Wildman–Crippen LogP) is 4.40. The van der Waals surface area contributed by atoms with Gasteiger partial charge in [-0.05, 0) is 59.3 Å². The minimum Gasteiger partial charge on any atom is -0.447 e. The molecule has 22 heavy (non-hydrogen) atoms. The molecule has 1 aromatic carbocycles. The first kappa shape index (κ1) is 14.4. The summed E-state index contributed by atoms with van der Waals surface area (Å²) >= 11 is 3.30. The van der Waals surface area contributed by atoms with Gasteiger partial charge < -0.3 is 4.74 Å². The number of nitro groups is 1. The topological polar surface area (TPSA) is 78.2 Å². The number of halogens is 1. The summed E-state index contributed by atoms with van der Waals surface area (Å²) in [5.74, 6) is 0.564. The predicted molar refractivity (Wildman–Crippen MR) is 85.1 cm³/mol. The Morgan fingerprint density at radius 2 is 1.95 bits per heavy atom. The van der Waals surface area contributed by atoms with Crippen molar-refractivity contribution in [1.82, 2.24) is 9.97 Å². The van der Waals surface area contributed by atoms with Gasteiger partial charge in [0, 0.05) is 11.9 Å². The van der Waals surface area contributed by atoms with Gasteiger partial charge in [0.2, 0.25) is 5.75 Å².